The summed E-state index contributed by atoms with van der Waals surface area (Å²) in [5, 5.41) is 4.03. The molecule has 128 valence electrons. The molecular formula is C19H20N4O2. The van der Waals surface area contributed by atoms with Gasteiger partial charge in [0, 0.05) is 24.8 Å². The molecule has 1 aromatic carbocycles. The standard InChI is InChI=1S/C19H20N4O2/c1-13-5-9-15(10-6-13)22(2)19(24)16-4-3-11-23(16)12-17-20-18(25-21-17)14-7-8-14/h3-6,9-11,14H,7-8,12H2,1-2H3. The van der Waals surface area contributed by atoms with Crippen LogP contribution in [0.5, 0.6) is 0 Å². The van der Waals surface area contributed by atoms with Crippen LogP contribution >= 0.6 is 0 Å². The lowest BCUT2D eigenvalue weighted by Gasteiger charge is -2.18. The molecule has 0 radical (unpaired) electrons. The third kappa shape index (κ3) is 3.20. The van der Waals surface area contributed by atoms with Crippen LogP contribution in [-0.2, 0) is 6.54 Å². The first-order valence-electron chi connectivity index (χ1n) is 8.44. The Morgan fingerprint density at radius 3 is 2.76 bits per heavy atom. The highest BCUT2D eigenvalue weighted by Crippen LogP contribution is 2.38. The largest absolute Gasteiger partial charge is 0.339 e. The van der Waals surface area contributed by atoms with Crippen molar-refractivity contribution in [3.63, 3.8) is 0 Å². The number of carbonyl (C=O) groups excluding carboxylic acids is 1. The molecule has 4 rings (SSSR count). The Morgan fingerprint density at radius 2 is 2.04 bits per heavy atom. The van der Waals surface area contributed by atoms with E-state index in [1.165, 1.54) is 0 Å². The second-order valence-corrected chi connectivity index (χ2v) is 6.54. The van der Waals surface area contributed by atoms with Gasteiger partial charge in [0.15, 0.2) is 5.82 Å². The van der Waals surface area contributed by atoms with E-state index in [0.717, 1.165) is 24.1 Å². The average molecular weight is 336 g/mol. The fourth-order valence-corrected chi connectivity index (χ4v) is 2.78. The van der Waals surface area contributed by atoms with E-state index in [2.05, 4.69) is 10.1 Å². The van der Waals surface area contributed by atoms with Crippen LogP contribution in [0.4, 0.5) is 5.69 Å². The molecule has 1 saturated carbocycles. The van der Waals surface area contributed by atoms with Gasteiger partial charge in [-0.15, -0.1) is 0 Å². The van der Waals surface area contributed by atoms with Crippen LogP contribution in [0.15, 0.2) is 47.1 Å². The number of carbonyl (C=O) groups is 1. The highest BCUT2D eigenvalue weighted by atomic mass is 16.5. The van der Waals surface area contributed by atoms with Gasteiger partial charge < -0.3 is 14.0 Å². The SMILES string of the molecule is Cc1ccc(N(C)C(=O)c2cccn2Cc2noc(C3CC3)n2)cc1. The molecule has 0 N–H and O–H groups in total. The summed E-state index contributed by atoms with van der Waals surface area (Å²) in [6.45, 7) is 2.45. The number of aryl methyl sites for hydroxylation is 1. The molecule has 6 heteroatoms. The van der Waals surface area contributed by atoms with Gasteiger partial charge in [-0.2, -0.15) is 4.98 Å². The maximum Gasteiger partial charge on any atom is 0.274 e. The van der Waals surface area contributed by atoms with Crippen LogP contribution in [-0.4, -0.2) is 27.7 Å². The van der Waals surface area contributed by atoms with Crippen molar-refractivity contribution in [2.45, 2.75) is 32.2 Å². The molecule has 1 amide bonds. The van der Waals surface area contributed by atoms with Crippen molar-refractivity contribution in [3.05, 3.63) is 65.6 Å². The maximum atomic E-state index is 12.9. The van der Waals surface area contributed by atoms with Crippen molar-refractivity contribution in [2.75, 3.05) is 11.9 Å². The van der Waals surface area contributed by atoms with Crippen molar-refractivity contribution >= 4 is 11.6 Å². The topological polar surface area (TPSA) is 64.2 Å². The van der Waals surface area contributed by atoms with Crippen molar-refractivity contribution in [2.24, 2.45) is 0 Å². The number of nitrogens with zero attached hydrogens (tertiary/aromatic N) is 4. The van der Waals surface area contributed by atoms with Crippen LogP contribution in [0.1, 0.15) is 46.5 Å². The summed E-state index contributed by atoms with van der Waals surface area (Å²) >= 11 is 0. The molecule has 1 aliphatic rings. The lowest BCUT2D eigenvalue weighted by Crippen LogP contribution is -2.28. The number of hydrogen-bond donors (Lipinski definition) is 0. The van der Waals surface area contributed by atoms with E-state index in [1.54, 1.807) is 11.9 Å². The van der Waals surface area contributed by atoms with E-state index in [1.807, 2.05) is 54.1 Å². The van der Waals surface area contributed by atoms with E-state index >= 15 is 0 Å². The van der Waals surface area contributed by atoms with Crippen LogP contribution in [0.25, 0.3) is 0 Å². The lowest BCUT2D eigenvalue weighted by molar-refractivity contribution is 0.0984. The number of hydrogen-bond acceptors (Lipinski definition) is 4. The van der Waals surface area contributed by atoms with Crippen molar-refractivity contribution in [1.82, 2.24) is 14.7 Å². The molecule has 6 nitrogen and oxygen atoms in total. The molecule has 2 heterocycles. The fourth-order valence-electron chi connectivity index (χ4n) is 2.78. The van der Waals surface area contributed by atoms with Gasteiger partial charge in [0.1, 0.15) is 5.69 Å². The second-order valence-electron chi connectivity index (χ2n) is 6.54. The van der Waals surface area contributed by atoms with Crippen molar-refractivity contribution in [3.8, 4) is 0 Å². The molecule has 1 aliphatic carbocycles. The number of benzene rings is 1. The molecule has 3 aromatic rings. The minimum Gasteiger partial charge on any atom is -0.339 e. The average Bonchev–Trinajstić information content (AvgIpc) is 3.19. The molecule has 0 saturated heterocycles. The molecule has 25 heavy (non-hydrogen) atoms. The molecule has 0 bridgehead atoms. The first-order chi connectivity index (χ1) is 12.1. The summed E-state index contributed by atoms with van der Waals surface area (Å²) in [5.74, 6) is 1.68. The molecule has 2 aromatic heterocycles. The van der Waals surface area contributed by atoms with Crippen LogP contribution < -0.4 is 4.90 Å². The molecular weight excluding hydrogens is 316 g/mol. The zero-order valence-corrected chi connectivity index (χ0v) is 14.3. The zero-order chi connectivity index (χ0) is 17.4. The molecule has 0 aliphatic heterocycles. The van der Waals surface area contributed by atoms with Crippen molar-refractivity contribution in [1.29, 1.82) is 0 Å². The number of amides is 1. The molecule has 0 unspecified atom stereocenters. The fraction of sp³-hybridized carbons (Fsp3) is 0.316. The minimum atomic E-state index is -0.0697. The van der Waals surface area contributed by atoms with E-state index in [9.17, 15) is 4.79 Å². The van der Waals surface area contributed by atoms with Gasteiger partial charge in [-0.1, -0.05) is 22.9 Å². The highest BCUT2D eigenvalue weighted by Gasteiger charge is 2.29. The third-order valence-corrected chi connectivity index (χ3v) is 4.50. The summed E-state index contributed by atoms with van der Waals surface area (Å²) in [5.41, 5.74) is 2.62. The summed E-state index contributed by atoms with van der Waals surface area (Å²) < 4.78 is 7.15. The summed E-state index contributed by atoms with van der Waals surface area (Å²) in [6.07, 6.45) is 4.11. The smallest absolute Gasteiger partial charge is 0.274 e. The molecule has 0 spiro atoms. The maximum absolute atomic E-state index is 12.9. The Bertz CT molecular complexity index is 890. The van der Waals surface area contributed by atoms with Gasteiger partial charge >= 0.3 is 0 Å². The summed E-state index contributed by atoms with van der Waals surface area (Å²) in [4.78, 5) is 19.0. The van der Waals surface area contributed by atoms with Crippen LogP contribution in [0.2, 0.25) is 0 Å². The van der Waals surface area contributed by atoms with E-state index in [-0.39, 0.29) is 5.91 Å². The number of aromatic nitrogens is 3. The normalized spacial score (nSPS) is 13.8. The number of rotatable bonds is 5. The monoisotopic (exact) mass is 336 g/mol. The van der Waals surface area contributed by atoms with E-state index < -0.39 is 0 Å². The second kappa shape index (κ2) is 6.20. The lowest BCUT2D eigenvalue weighted by atomic mass is 10.2. The van der Waals surface area contributed by atoms with Gasteiger partial charge in [0.25, 0.3) is 5.91 Å². The Kier molecular flexibility index (Phi) is 3.87. The van der Waals surface area contributed by atoms with Gasteiger partial charge in [-0.05, 0) is 44.0 Å². The van der Waals surface area contributed by atoms with E-state index in [4.69, 9.17) is 4.52 Å². The predicted molar refractivity (Wildman–Crippen MR) is 93.7 cm³/mol. The third-order valence-electron chi connectivity index (χ3n) is 4.50. The summed E-state index contributed by atoms with van der Waals surface area (Å²) in [6, 6.07) is 11.6. The van der Waals surface area contributed by atoms with Crippen LogP contribution in [0.3, 0.4) is 0 Å². The Hall–Kier alpha value is -2.89. The Balaban J connectivity index is 1.53. The quantitative estimate of drug-likeness (QED) is 0.716. The van der Waals surface area contributed by atoms with Crippen LogP contribution in [0, 0.1) is 6.92 Å². The Morgan fingerprint density at radius 1 is 1.28 bits per heavy atom. The summed E-state index contributed by atoms with van der Waals surface area (Å²) in [7, 11) is 1.78. The van der Waals surface area contributed by atoms with Gasteiger partial charge in [0.2, 0.25) is 5.89 Å². The zero-order valence-electron chi connectivity index (χ0n) is 14.3. The van der Waals surface area contributed by atoms with Crippen molar-refractivity contribution < 1.29 is 9.32 Å². The van der Waals surface area contributed by atoms with Gasteiger partial charge in [0.05, 0.1) is 6.54 Å². The molecule has 0 atom stereocenters. The predicted octanol–water partition coefficient (Wildman–Crippen LogP) is 3.38. The van der Waals surface area contributed by atoms with E-state index in [0.29, 0.717) is 29.9 Å². The minimum absolute atomic E-state index is 0.0697. The van der Waals surface area contributed by atoms with Gasteiger partial charge in [-0.3, -0.25) is 4.79 Å². The Labute approximate surface area is 146 Å². The highest BCUT2D eigenvalue weighted by molar-refractivity contribution is 6.04. The number of anilines is 1. The van der Waals surface area contributed by atoms with Gasteiger partial charge in [-0.25, -0.2) is 0 Å². The molecule has 1 fully saturated rings. The first-order valence-corrected chi connectivity index (χ1v) is 8.44. The first kappa shape index (κ1) is 15.6.